The van der Waals surface area contributed by atoms with E-state index in [2.05, 4.69) is 15.4 Å². The van der Waals surface area contributed by atoms with E-state index in [1.54, 1.807) is 35.1 Å². The van der Waals surface area contributed by atoms with Gasteiger partial charge in [-0.05, 0) is 30.3 Å². The van der Waals surface area contributed by atoms with E-state index >= 15 is 0 Å². The van der Waals surface area contributed by atoms with E-state index in [1.165, 1.54) is 11.3 Å². The lowest BCUT2D eigenvalue weighted by molar-refractivity contribution is 0.0954. The number of hydrogen-bond donors (Lipinski definition) is 1. The third-order valence-electron chi connectivity index (χ3n) is 3.18. The second-order valence-corrected chi connectivity index (χ2v) is 5.60. The molecule has 0 fully saturated rings. The van der Waals surface area contributed by atoms with Crippen molar-refractivity contribution in [2.24, 2.45) is 0 Å². The summed E-state index contributed by atoms with van der Waals surface area (Å²) in [6, 6.07) is 10.4. The molecule has 0 aliphatic rings. The molecule has 0 saturated heterocycles. The molecule has 0 atom stereocenters. The average Bonchev–Trinajstić information content (AvgIpc) is 3.26. The number of hydrogen-bond acceptors (Lipinski definition) is 5. The molecule has 3 aromatic rings. The van der Waals surface area contributed by atoms with Gasteiger partial charge in [0.1, 0.15) is 0 Å². The van der Waals surface area contributed by atoms with Crippen molar-refractivity contribution in [3.05, 3.63) is 64.9 Å². The van der Waals surface area contributed by atoms with Crippen molar-refractivity contribution in [1.29, 1.82) is 5.26 Å². The van der Waals surface area contributed by atoms with Crippen LogP contribution in [-0.2, 0) is 6.42 Å². The first-order valence-electron chi connectivity index (χ1n) is 6.99. The minimum absolute atomic E-state index is 0.156. The smallest absolute Gasteiger partial charge is 0.251 e. The summed E-state index contributed by atoms with van der Waals surface area (Å²) in [6.07, 6.45) is 4.20. The number of nitrogens with zero attached hydrogens (tertiary/aromatic N) is 4. The molecular weight excluding hydrogens is 310 g/mol. The summed E-state index contributed by atoms with van der Waals surface area (Å²) in [4.78, 5) is 16.5. The van der Waals surface area contributed by atoms with E-state index < -0.39 is 0 Å². The van der Waals surface area contributed by atoms with Gasteiger partial charge in [0.05, 0.1) is 17.3 Å². The van der Waals surface area contributed by atoms with E-state index in [0.717, 1.165) is 10.8 Å². The Bertz CT molecular complexity index is 830. The van der Waals surface area contributed by atoms with Crippen molar-refractivity contribution in [2.45, 2.75) is 6.42 Å². The molecule has 2 heterocycles. The minimum Gasteiger partial charge on any atom is -0.352 e. The van der Waals surface area contributed by atoms with Gasteiger partial charge >= 0.3 is 0 Å². The van der Waals surface area contributed by atoms with Crippen molar-refractivity contribution in [3.8, 4) is 11.2 Å². The molecule has 0 aliphatic heterocycles. The van der Waals surface area contributed by atoms with E-state index in [-0.39, 0.29) is 5.91 Å². The van der Waals surface area contributed by atoms with Gasteiger partial charge in [0.15, 0.2) is 0 Å². The van der Waals surface area contributed by atoms with Crippen LogP contribution >= 0.6 is 11.3 Å². The van der Waals surface area contributed by atoms with Crippen LogP contribution in [0.25, 0.3) is 5.13 Å². The number of nitrogens with one attached hydrogen (secondary N) is 1. The molecule has 0 saturated carbocycles. The Morgan fingerprint density at radius 3 is 2.87 bits per heavy atom. The molecule has 7 heteroatoms. The lowest BCUT2D eigenvalue weighted by atomic mass is 10.1. The van der Waals surface area contributed by atoms with Crippen LogP contribution in [-0.4, -0.2) is 27.2 Å². The molecule has 0 aliphatic carbocycles. The predicted molar refractivity (Wildman–Crippen MR) is 86.4 cm³/mol. The molecule has 0 unspecified atom stereocenters. The van der Waals surface area contributed by atoms with Gasteiger partial charge < -0.3 is 5.32 Å². The van der Waals surface area contributed by atoms with Gasteiger partial charge in [0, 0.05) is 36.3 Å². The van der Waals surface area contributed by atoms with Gasteiger partial charge in [-0.2, -0.15) is 10.4 Å². The summed E-state index contributed by atoms with van der Waals surface area (Å²) >= 11 is 1.51. The number of amides is 1. The standard InChI is InChI=1S/C16H13N5OS/c17-10-12-2-4-13(5-3-12)15(22)18-8-6-14-11-23-16(20-14)21-9-1-7-19-21/h1-5,7,9,11H,6,8H2,(H,18,22). The van der Waals surface area contributed by atoms with Crippen molar-refractivity contribution in [2.75, 3.05) is 6.54 Å². The summed E-state index contributed by atoms with van der Waals surface area (Å²) in [5.74, 6) is -0.156. The minimum atomic E-state index is -0.156. The summed E-state index contributed by atoms with van der Waals surface area (Å²) in [7, 11) is 0. The molecule has 0 bridgehead atoms. The van der Waals surface area contributed by atoms with E-state index in [4.69, 9.17) is 5.26 Å². The summed E-state index contributed by atoms with van der Waals surface area (Å²) < 4.78 is 1.71. The largest absolute Gasteiger partial charge is 0.352 e. The summed E-state index contributed by atoms with van der Waals surface area (Å²) in [6.45, 7) is 0.501. The SMILES string of the molecule is N#Cc1ccc(C(=O)NCCc2csc(-n3cccn3)n2)cc1. The maximum Gasteiger partial charge on any atom is 0.251 e. The zero-order valence-corrected chi connectivity index (χ0v) is 13.0. The lowest BCUT2D eigenvalue weighted by Crippen LogP contribution is -2.25. The normalized spacial score (nSPS) is 10.2. The Balaban J connectivity index is 1.53. The predicted octanol–water partition coefficient (Wildman–Crippen LogP) is 2.17. The van der Waals surface area contributed by atoms with Crippen molar-refractivity contribution >= 4 is 17.2 Å². The van der Waals surface area contributed by atoms with Crippen LogP contribution in [0.1, 0.15) is 21.6 Å². The Morgan fingerprint density at radius 2 is 2.17 bits per heavy atom. The van der Waals surface area contributed by atoms with Crippen LogP contribution in [0.15, 0.2) is 48.1 Å². The third-order valence-corrected chi connectivity index (χ3v) is 4.06. The molecule has 1 amide bonds. The van der Waals surface area contributed by atoms with Gasteiger partial charge in [-0.25, -0.2) is 9.67 Å². The van der Waals surface area contributed by atoms with Gasteiger partial charge in [0.25, 0.3) is 5.91 Å². The Morgan fingerprint density at radius 1 is 1.35 bits per heavy atom. The number of aromatic nitrogens is 3. The first kappa shape index (κ1) is 14.9. The number of nitriles is 1. The topological polar surface area (TPSA) is 83.6 Å². The van der Waals surface area contributed by atoms with Crippen molar-refractivity contribution in [3.63, 3.8) is 0 Å². The molecule has 1 aromatic carbocycles. The quantitative estimate of drug-likeness (QED) is 0.780. The highest BCUT2D eigenvalue weighted by molar-refractivity contribution is 7.12. The summed E-state index contributed by atoms with van der Waals surface area (Å²) in [5.41, 5.74) is 2.00. The number of rotatable bonds is 5. The van der Waals surface area contributed by atoms with Gasteiger partial charge in [0.2, 0.25) is 5.13 Å². The van der Waals surface area contributed by atoms with Crippen LogP contribution in [0, 0.1) is 11.3 Å². The highest BCUT2D eigenvalue weighted by Crippen LogP contribution is 2.14. The molecule has 1 N–H and O–H groups in total. The average molecular weight is 323 g/mol. The highest BCUT2D eigenvalue weighted by atomic mass is 32.1. The van der Waals surface area contributed by atoms with Crippen LogP contribution < -0.4 is 5.32 Å². The number of carbonyl (C=O) groups excluding carboxylic acids is 1. The van der Waals surface area contributed by atoms with Gasteiger partial charge in [-0.15, -0.1) is 11.3 Å². The molecule has 2 aromatic heterocycles. The zero-order valence-electron chi connectivity index (χ0n) is 12.1. The number of benzene rings is 1. The molecule has 23 heavy (non-hydrogen) atoms. The van der Waals surface area contributed by atoms with Crippen molar-refractivity contribution < 1.29 is 4.79 Å². The van der Waals surface area contributed by atoms with Gasteiger partial charge in [-0.3, -0.25) is 4.79 Å². The Hall–Kier alpha value is -2.98. The monoisotopic (exact) mass is 323 g/mol. The number of thiazole rings is 1. The third kappa shape index (κ3) is 3.62. The first-order valence-corrected chi connectivity index (χ1v) is 7.87. The maximum atomic E-state index is 12.0. The molecular formula is C16H13N5OS. The van der Waals surface area contributed by atoms with Crippen LogP contribution in [0.2, 0.25) is 0 Å². The molecule has 6 nitrogen and oxygen atoms in total. The van der Waals surface area contributed by atoms with E-state index in [1.807, 2.05) is 23.7 Å². The van der Waals surface area contributed by atoms with Crippen molar-refractivity contribution in [1.82, 2.24) is 20.1 Å². The second-order valence-electron chi connectivity index (χ2n) is 4.77. The zero-order chi connectivity index (χ0) is 16.1. The molecule has 0 spiro atoms. The fourth-order valence-electron chi connectivity index (χ4n) is 2.00. The van der Waals surface area contributed by atoms with Crippen LogP contribution in [0.4, 0.5) is 0 Å². The number of carbonyl (C=O) groups is 1. The molecule has 0 radical (unpaired) electrons. The second kappa shape index (κ2) is 6.85. The van der Waals surface area contributed by atoms with Crippen LogP contribution in [0.5, 0.6) is 0 Å². The summed E-state index contributed by atoms with van der Waals surface area (Å²) in [5, 5.41) is 18.5. The fourth-order valence-corrected chi connectivity index (χ4v) is 2.80. The van der Waals surface area contributed by atoms with Crippen LogP contribution in [0.3, 0.4) is 0 Å². The molecule has 114 valence electrons. The van der Waals surface area contributed by atoms with E-state index in [9.17, 15) is 4.79 Å². The Labute approximate surface area is 137 Å². The highest BCUT2D eigenvalue weighted by Gasteiger charge is 2.07. The fraction of sp³-hybridized carbons (Fsp3) is 0.125. The van der Waals surface area contributed by atoms with E-state index in [0.29, 0.717) is 24.1 Å². The lowest BCUT2D eigenvalue weighted by Gasteiger charge is -2.04. The van der Waals surface area contributed by atoms with Gasteiger partial charge in [-0.1, -0.05) is 0 Å². The Kier molecular flexibility index (Phi) is 4.45. The maximum absolute atomic E-state index is 12.0. The molecule has 3 rings (SSSR count). The first-order chi connectivity index (χ1) is 11.3.